The Morgan fingerprint density at radius 2 is 2.04 bits per heavy atom. The molecule has 2 heterocycles. The van der Waals surface area contributed by atoms with E-state index in [2.05, 4.69) is 10.5 Å². The normalized spacial score (nSPS) is 17.5. The molecule has 0 unspecified atom stereocenters. The average Bonchev–Trinajstić information content (AvgIpc) is 3.16. The lowest BCUT2D eigenvalue weighted by atomic mass is 10.1. The van der Waals surface area contributed by atoms with E-state index < -0.39 is 0 Å². The number of amides is 2. The molecule has 3 rings (SSSR count). The molecule has 1 aromatic heterocycles. The lowest BCUT2D eigenvalue weighted by Gasteiger charge is -2.17. The molecule has 6 heteroatoms. The molecule has 25 heavy (non-hydrogen) atoms. The first kappa shape index (κ1) is 17.4. The summed E-state index contributed by atoms with van der Waals surface area (Å²) < 4.78 is 0. The summed E-state index contributed by atoms with van der Waals surface area (Å²) in [5.41, 5.74) is 5.72. The first-order chi connectivity index (χ1) is 11.9. The van der Waals surface area contributed by atoms with Gasteiger partial charge in [-0.25, -0.2) is 5.43 Å². The van der Waals surface area contributed by atoms with Crippen LogP contribution in [0, 0.1) is 26.7 Å². The zero-order chi connectivity index (χ0) is 18.0. The summed E-state index contributed by atoms with van der Waals surface area (Å²) in [4.78, 5) is 28.4. The zero-order valence-corrected chi connectivity index (χ0v) is 15.4. The summed E-state index contributed by atoms with van der Waals surface area (Å²) >= 11 is 1.61. The maximum absolute atomic E-state index is 12.3. The van der Waals surface area contributed by atoms with Gasteiger partial charge < -0.3 is 4.90 Å². The number of carbonyl (C=O) groups is 2. The number of benzene rings is 1. The minimum absolute atomic E-state index is 0.0266. The topological polar surface area (TPSA) is 61.8 Å². The number of rotatable bonds is 4. The van der Waals surface area contributed by atoms with E-state index in [1.54, 1.807) is 22.5 Å². The van der Waals surface area contributed by atoms with Crippen molar-refractivity contribution in [3.63, 3.8) is 0 Å². The lowest BCUT2D eigenvalue weighted by Crippen LogP contribution is -2.30. The van der Waals surface area contributed by atoms with Gasteiger partial charge in [0.25, 0.3) is 0 Å². The molecule has 0 spiro atoms. The van der Waals surface area contributed by atoms with Gasteiger partial charge in [0.05, 0.1) is 12.1 Å². The van der Waals surface area contributed by atoms with Crippen LogP contribution in [0.4, 0.5) is 5.69 Å². The van der Waals surface area contributed by atoms with Gasteiger partial charge in [-0.15, -0.1) is 11.3 Å². The van der Waals surface area contributed by atoms with E-state index in [1.165, 1.54) is 10.4 Å². The van der Waals surface area contributed by atoms with Crippen LogP contribution in [-0.4, -0.2) is 24.6 Å². The number of nitrogens with zero attached hydrogens (tertiary/aromatic N) is 2. The molecule has 1 atom stereocenters. The van der Waals surface area contributed by atoms with Crippen LogP contribution in [0.5, 0.6) is 0 Å². The Morgan fingerprint density at radius 1 is 1.24 bits per heavy atom. The number of hydrazone groups is 1. The van der Waals surface area contributed by atoms with E-state index in [0.717, 1.165) is 16.1 Å². The Labute approximate surface area is 151 Å². The molecule has 1 fully saturated rings. The van der Waals surface area contributed by atoms with Crippen LogP contribution in [0.25, 0.3) is 0 Å². The third-order valence-electron chi connectivity index (χ3n) is 4.43. The molecular weight excluding hydrogens is 334 g/mol. The maximum atomic E-state index is 12.3. The van der Waals surface area contributed by atoms with Gasteiger partial charge in [-0.2, -0.15) is 5.10 Å². The predicted molar refractivity (Wildman–Crippen MR) is 101 cm³/mol. The smallest absolute Gasteiger partial charge is 0.245 e. The Kier molecular flexibility index (Phi) is 4.99. The molecule has 2 aromatic rings. The Bertz CT molecular complexity index is 841. The molecular formula is C19H21N3O2S. The second-order valence-electron chi connectivity index (χ2n) is 6.36. The van der Waals surface area contributed by atoms with Crippen molar-refractivity contribution in [2.24, 2.45) is 11.0 Å². The number of anilines is 1. The predicted octanol–water partition coefficient (Wildman–Crippen LogP) is 3.18. The summed E-state index contributed by atoms with van der Waals surface area (Å²) in [6.07, 6.45) is 1.85. The fourth-order valence-corrected chi connectivity index (χ4v) is 3.55. The van der Waals surface area contributed by atoms with Crippen molar-refractivity contribution in [1.82, 2.24) is 5.43 Å². The highest BCUT2D eigenvalue weighted by Gasteiger charge is 2.35. The minimum atomic E-state index is -0.378. The third kappa shape index (κ3) is 3.96. The van der Waals surface area contributed by atoms with E-state index >= 15 is 0 Å². The van der Waals surface area contributed by atoms with Crippen LogP contribution in [0.2, 0.25) is 0 Å². The summed E-state index contributed by atoms with van der Waals surface area (Å²) in [5.74, 6) is -0.623. The van der Waals surface area contributed by atoms with Crippen molar-refractivity contribution in [2.45, 2.75) is 27.2 Å². The number of nitrogens with one attached hydrogen (secondary N) is 1. The van der Waals surface area contributed by atoms with E-state index in [1.807, 2.05) is 51.1 Å². The van der Waals surface area contributed by atoms with Crippen molar-refractivity contribution in [1.29, 1.82) is 0 Å². The van der Waals surface area contributed by atoms with Crippen molar-refractivity contribution < 1.29 is 9.59 Å². The monoisotopic (exact) mass is 355 g/mol. The van der Waals surface area contributed by atoms with Gasteiger partial charge in [-0.3, -0.25) is 9.59 Å². The standard InChI is InChI=1S/C19H21N3O2S/c1-12-4-6-16(8-13(12)2)22-11-15(9-18(22)23)19(24)21-20-10-17-7-5-14(3)25-17/h4-8,10,15H,9,11H2,1-3H3,(H,21,24)/b20-10-/t15-/m1/s1. The molecule has 1 aromatic carbocycles. The van der Waals surface area contributed by atoms with Crippen LogP contribution in [0.3, 0.4) is 0 Å². The maximum Gasteiger partial charge on any atom is 0.245 e. The Hall–Kier alpha value is -2.47. The van der Waals surface area contributed by atoms with E-state index in [0.29, 0.717) is 6.54 Å². The molecule has 0 saturated carbocycles. The molecule has 1 N–H and O–H groups in total. The Balaban J connectivity index is 1.62. The van der Waals surface area contributed by atoms with Crippen molar-refractivity contribution in [3.8, 4) is 0 Å². The van der Waals surface area contributed by atoms with E-state index in [-0.39, 0.29) is 24.2 Å². The minimum Gasteiger partial charge on any atom is -0.312 e. The fourth-order valence-electron chi connectivity index (χ4n) is 2.80. The highest BCUT2D eigenvalue weighted by molar-refractivity contribution is 7.13. The lowest BCUT2D eigenvalue weighted by molar-refractivity contribution is -0.126. The highest BCUT2D eigenvalue weighted by atomic mass is 32.1. The van der Waals surface area contributed by atoms with Crippen molar-refractivity contribution in [2.75, 3.05) is 11.4 Å². The number of aryl methyl sites for hydroxylation is 3. The molecule has 0 aliphatic carbocycles. The van der Waals surface area contributed by atoms with Gasteiger partial charge in [0, 0.05) is 28.4 Å². The number of thiophene rings is 1. The molecule has 0 bridgehead atoms. The number of hydrogen-bond donors (Lipinski definition) is 1. The fraction of sp³-hybridized carbons (Fsp3) is 0.316. The number of carbonyl (C=O) groups excluding carboxylic acids is 2. The van der Waals surface area contributed by atoms with Crippen molar-refractivity contribution >= 4 is 35.1 Å². The molecule has 130 valence electrons. The first-order valence-electron chi connectivity index (χ1n) is 8.21. The van der Waals surface area contributed by atoms with Gasteiger partial charge in [0.2, 0.25) is 11.8 Å². The highest BCUT2D eigenvalue weighted by Crippen LogP contribution is 2.26. The van der Waals surface area contributed by atoms with Crippen LogP contribution in [0.1, 0.15) is 27.3 Å². The average molecular weight is 355 g/mol. The summed E-state index contributed by atoms with van der Waals surface area (Å²) in [7, 11) is 0. The zero-order valence-electron chi connectivity index (χ0n) is 14.6. The second kappa shape index (κ2) is 7.19. The molecule has 1 aliphatic rings. The van der Waals surface area contributed by atoms with E-state index in [4.69, 9.17) is 0 Å². The van der Waals surface area contributed by atoms with Gasteiger partial charge in [0.1, 0.15) is 0 Å². The van der Waals surface area contributed by atoms with Gasteiger partial charge in [-0.1, -0.05) is 6.07 Å². The largest absolute Gasteiger partial charge is 0.312 e. The van der Waals surface area contributed by atoms with Gasteiger partial charge in [-0.05, 0) is 56.2 Å². The quantitative estimate of drug-likeness (QED) is 0.676. The number of hydrogen-bond acceptors (Lipinski definition) is 4. The molecule has 1 saturated heterocycles. The first-order valence-corrected chi connectivity index (χ1v) is 9.02. The van der Waals surface area contributed by atoms with Crippen LogP contribution in [0.15, 0.2) is 35.4 Å². The van der Waals surface area contributed by atoms with Crippen LogP contribution < -0.4 is 10.3 Å². The molecule has 5 nitrogen and oxygen atoms in total. The second-order valence-corrected chi connectivity index (χ2v) is 7.68. The molecule has 2 amide bonds. The van der Waals surface area contributed by atoms with Crippen LogP contribution >= 0.6 is 11.3 Å². The van der Waals surface area contributed by atoms with Gasteiger partial charge in [0.15, 0.2) is 0 Å². The Morgan fingerprint density at radius 3 is 2.72 bits per heavy atom. The van der Waals surface area contributed by atoms with Crippen LogP contribution in [-0.2, 0) is 9.59 Å². The van der Waals surface area contributed by atoms with Crippen molar-refractivity contribution in [3.05, 3.63) is 51.2 Å². The van der Waals surface area contributed by atoms with Gasteiger partial charge >= 0.3 is 0 Å². The summed E-state index contributed by atoms with van der Waals surface area (Å²) in [6, 6.07) is 9.88. The molecule has 0 radical (unpaired) electrons. The molecule has 1 aliphatic heterocycles. The SMILES string of the molecule is Cc1ccc(/C=N\NC(=O)[C@@H]2CC(=O)N(c3ccc(C)c(C)c3)C2)s1. The summed E-state index contributed by atoms with van der Waals surface area (Å²) in [6.45, 7) is 6.46. The van der Waals surface area contributed by atoms with E-state index in [9.17, 15) is 9.59 Å². The summed E-state index contributed by atoms with van der Waals surface area (Å²) in [5, 5.41) is 4.00. The third-order valence-corrected chi connectivity index (χ3v) is 5.36.